The summed E-state index contributed by atoms with van der Waals surface area (Å²) in [6.45, 7) is 5.48. The van der Waals surface area contributed by atoms with Crippen LogP contribution in [0.15, 0.2) is 6.33 Å². The average Bonchev–Trinajstić information content (AvgIpc) is 2.38. The Labute approximate surface area is 126 Å². The van der Waals surface area contributed by atoms with Gasteiger partial charge in [0.05, 0.1) is 12.2 Å². The molecule has 1 saturated heterocycles. The number of aromatic nitrogens is 4. The van der Waals surface area contributed by atoms with Gasteiger partial charge in [-0.15, -0.1) is 0 Å². The molecule has 2 atom stereocenters. The summed E-state index contributed by atoms with van der Waals surface area (Å²) in [5.74, 6) is 0.673. The zero-order valence-electron chi connectivity index (χ0n) is 11.0. The molecule has 20 heavy (non-hydrogen) atoms. The SMILES string of the molecule is CC1CN(c2nc(Cl)nc3c(Cl)ncnc23)CC(C)O1. The fourth-order valence-electron chi connectivity index (χ4n) is 2.45. The first kappa shape index (κ1) is 13.7. The molecule has 106 valence electrons. The Morgan fingerprint density at radius 3 is 2.50 bits per heavy atom. The number of hydrogen-bond acceptors (Lipinski definition) is 6. The van der Waals surface area contributed by atoms with Gasteiger partial charge in [-0.05, 0) is 25.4 Å². The predicted octanol–water partition coefficient (Wildman–Crippen LogP) is 2.34. The van der Waals surface area contributed by atoms with E-state index in [1.54, 1.807) is 0 Å². The van der Waals surface area contributed by atoms with E-state index in [4.69, 9.17) is 27.9 Å². The highest BCUT2D eigenvalue weighted by molar-refractivity contribution is 6.34. The fourth-order valence-corrected chi connectivity index (χ4v) is 2.79. The van der Waals surface area contributed by atoms with E-state index in [1.165, 1.54) is 6.33 Å². The van der Waals surface area contributed by atoms with Crippen LogP contribution in [0.5, 0.6) is 0 Å². The summed E-state index contributed by atoms with van der Waals surface area (Å²) in [4.78, 5) is 18.7. The summed E-state index contributed by atoms with van der Waals surface area (Å²) in [7, 11) is 0. The largest absolute Gasteiger partial charge is 0.372 e. The van der Waals surface area contributed by atoms with Crippen molar-refractivity contribution >= 4 is 40.1 Å². The smallest absolute Gasteiger partial charge is 0.225 e. The molecule has 6 nitrogen and oxygen atoms in total. The van der Waals surface area contributed by atoms with Crippen molar-refractivity contribution in [2.45, 2.75) is 26.1 Å². The maximum Gasteiger partial charge on any atom is 0.225 e. The van der Waals surface area contributed by atoms with Crippen LogP contribution in [0.2, 0.25) is 10.4 Å². The summed E-state index contributed by atoms with van der Waals surface area (Å²) in [6, 6.07) is 0. The molecule has 0 bridgehead atoms. The maximum atomic E-state index is 6.05. The van der Waals surface area contributed by atoms with Crippen molar-refractivity contribution in [2.75, 3.05) is 18.0 Å². The van der Waals surface area contributed by atoms with Crippen molar-refractivity contribution in [3.8, 4) is 0 Å². The molecular formula is C12H13Cl2N5O. The van der Waals surface area contributed by atoms with Crippen LogP contribution in [0.4, 0.5) is 5.82 Å². The van der Waals surface area contributed by atoms with E-state index in [0.717, 1.165) is 0 Å². The lowest BCUT2D eigenvalue weighted by atomic mass is 10.2. The molecule has 0 amide bonds. The van der Waals surface area contributed by atoms with Crippen LogP contribution in [-0.2, 0) is 4.74 Å². The molecule has 0 spiro atoms. The zero-order chi connectivity index (χ0) is 14.3. The number of fused-ring (bicyclic) bond motifs is 1. The summed E-state index contributed by atoms with van der Waals surface area (Å²) in [6.07, 6.45) is 1.62. The Bertz CT molecular complexity index is 643. The standard InChI is InChI=1S/C12H13Cl2N5O/c1-6-3-19(4-7(2)20-6)11-9-8(17-12(14)18-11)10(13)16-5-15-9/h5-7H,3-4H2,1-2H3. The second-order valence-electron chi connectivity index (χ2n) is 4.84. The molecule has 8 heteroatoms. The van der Waals surface area contributed by atoms with Crippen molar-refractivity contribution < 1.29 is 4.74 Å². The first-order valence-electron chi connectivity index (χ1n) is 6.28. The van der Waals surface area contributed by atoms with Crippen LogP contribution >= 0.6 is 23.2 Å². The number of halogens is 2. The highest BCUT2D eigenvalue weighted by Crippen LogP contribution is 2.28. The molecule has 2 aromatic rings. The van der Waals surface area contributed by atoms with E-state index in [1.807, 2.05) is 13.8 Å². The van der Waals surface area contributed by atoms with E-state index in [2.05, 4.69) is 24.8 Å². The van der Waals surface area contributed by atoms with Gasteiger partial charge in [0.25, 0.3) is 0 Å². The zero-order valence-corrected chi connectivity index (χ0v) is 12.6. The lowest BCUT2D eigenvalue weighted by Gasteiger charge is -2.36. The van der Waals surface area contributed by atoms with Crippen molar-refractivity contribution in [1.29, 1.82) is 0 Å². The van der Waals surface area contributed by atoms with Crippen LogP contribution in [0, 0.1) is 0 Å². The number of nitrogens with zero attached hydrogens (tertiary/aromatic N) is 5. The van der Waals surface area contributed by atoms with Gasteiger partial charge < -0.3 is 9.64 Å². The molecule has 1 aliphatic rings. The second kappa shape index (κ2) is 5.27. The first-order valence-corrected chi connectivity index (χ1v) is 7.04. The van der Waals surface area contributed by atoms with Crippen molar-refractivity contribution in [3.05, 3.63) is 16.8 Å². The van der Waals surface area contributed by atoms with E-state index in [9.17, 15) is 0 Å². The van der Waals surface area contributed by atoms with Gasteiger partial charge >= 0.3 is 0 Å². The van der Waals surface area contributed by atoms with Crippen molar-refractivity contribution in [2.24, 2.45) is 0 Å². The number of hydrogen-bond donors (Lipinski definition) is 0. The minimum Gasteiger partial charge on any atom is -0.372 e. The summed E-state index contributed by atoms with van der Waals surface area (Å²) < 4.78 is 5.73. The van der Waals surface area contributed by atoms with Gasteiger partial charge in [-0.25, -0.2) is 15.0 Å². The van der Waals surface area contributed by atoms with Gasteiger partial charge in [0.2, 0.25) is 5.28 Å². The highest BCUT2D eigenvalue weighted by atomic mass is 35.5. The fraction of sp³-hybridized carbons (Fsp3) is 0.500. The molecule has 1 fully saturated rings. The molecule has 2 unspecified atom stereocenters. The van der Waals surface area contributed by atoms with E-state index >= 15 is 0 Å². The minimum absolute atomic E-state index is 0.111. The molecule has 3 heterocycles. The van der Waals surface area contributed by atoms with Crippen LogP contribution in [-0.4, -0.2) is 45.2 Å². The molecule has 2 aromatic heterocycles. The third kappa shape index (κ3) is 2.51. The third-order valence-corrected chi connectivity index (χ3v) is 3.56. The maximum absolute atomic E-state index is 6.05. The van der Waals surface area contributed by atoms with Crippen LogP contribution in [0.1, 0.15) is 13.8 Å². The quantitative estimate of drug-likeness (QED) is 0.595. The molecule has 0 radical (unpaired) electrons. The van der Waals surface area contributed by atoms with E-state index in [0.29, 0.717) is 29.9 Å². The molecule has 1 aliphatic heterocycles. The number of anilines is 1. The molecule has 0 saturated carbocycles. The van der Waals surface area contributed by atoms with Crippen LogP contribution < -0.4 is 4.90 Å². The third-order valence-electron chi connectivity index (χ3n) is 3.11. The van der Waals surface area contributed by atoms with Gasteiger partial charge in [-0.2, -0.15) is 4.98 Å². The summed E-state index contributed by atoms with van der Waals surface area (Å²) >= 11 is 12.0. The Balaban J connectivity index is 2.13. The van der Waals surface area contributed by atoms with Crippen LogP contribution in [0.25, 0.3) is 11.0 Å². The Kier molecular flexibility index (Phi) is 3.62. The molecule has 3 rings (SSSR count). The number of morpholine rings is 1. The Hall–Kier alpha value is -1.24. The topological polar surface area (TPSA) is 64.0 Å². The molecule has 0 aromatic carbocycles. The first-order chi connectivity index (χ1) is 9.54. The Morgan fingerprint density at radius 1 is 1.10 bits per heavy atom. The monoisotopic (exact) mass is 313 g/mol. The molecule has 0 aliphatic carbocycles. The molecular weight excluding hydrogens is 301 g/mol. The van der Waals surface area contributed by atoms with Gasteiger partial charge in [0.1, 0.15) is 17.4 Å². The lowest BCUT2D eigenvalue weighted by molar-refractivity contribution is -0.00538. The van der Waals surface area contributed by atoms with Gasteiger partial charge in [0, 0.05) is 13.1 Å². The Morgan fingerprint density at radius 2 is 1.80 bits per heavy atom. The average molecular weight is 314 g/mol. The second-order valence-corrected chi connectivity index (χ2v) is 5.54. The van der Waals surface area contributed by atoms with Gasteiger partial charge in [0.15, 0.2) is 11.0 Å². The van der Waals surface area contributed by atoms with Gasteiger partial charge in [-0.3, -0.25) is 0 Å². The van der Waals surface area contributed by atoms with Crippen LogP contribution in [0.3, 0.4) is 0 Å². The lowest BCUT2D eigenvalue weighted by Crippen LogP contribution is -2.46. The van der Waals surface area contributed by atoms with Gasteiger partial charge in [-0.1, -0.05) is 11.6 Å². The number of ether oxygens (including phenoxy) is 1. The van der Waals surface area contributed by atoms with E-state index in [-0.39, 0.29) is 22.6 Å². The van der Waals surface area contributed by atoms with Crippen molar-refractivity contribution in [1.82, 2.24) is 19.9 Å². The highest BCUT2D eigenvalue weighted by Gasteiger charge is 2.26. The predicted molar refractivity (Wildman–Crippen MR) is 77.4 cm³/mol. The summed E-state index contributed by atoms with van der Waals surface area (Å²) in [5, 5.41) is 0.408. The molecule has 0 N–H and O–H groups in total. The van der Waals surface area contributed by atoms with E-state index < -0.39 is 0 Å². The summed E-state index contributed by atoms with van der Waals surface area (Å²) in [5.41, 5.74) is 1.08. The number of rotatable bonds is 1. The minimum atomic E-state index is 0.111. The van der Waals surface area contributed by atoms with Crippen molar-refractivity contribution in [3.63, 3.8) is 0 Å². The normalized spacial score (nSPS) is 23.3.